The number of anilines is 1. The SMILES string of the molecule is CN(CC(=O)Nc1ccccc1Cl)C(=O)COC(=O)COc1ccccc1Cc1ccccc1. The highest BCUT2D eigenvalue weighted by Crippen LogP contribution is 2.22. The lowest BCUT2D eigenvalue weighted by Crippen LogP contribution is -2.37. The number of likely N-dealkylation sites (N-methyl/N-ethyl adjacent to an activating group) is 1. The van der Waals surface area contributed by atoms with Crippen LogP contribution in [0, 0.1) is 0 Å². The predicted molar refractivity (Wildman–Crippen MR) is 130 cm³/mol. The van der Waals surface area contributed by atoms with Gasteiger partial charge in [0.1, 0.15) is 5.75 Å². The fraction of sp³-hybridized carbons (Fsp3) is 0.192. The summed E-state index contributed by atoms with van der Waals surface area (Å²) < 4.78 is 10.6. The molecule has 8 heteroatoms. The second kappa shape index (κ2) is 12.4. The summed E-state index contributed by atoms with van der Waals surface area (Å²) in [7, 11) is 1.44. The number of hydrogen-bond donors (Lipinski definition) is 1. The number of benzene rings is 3. The number of ether oxygens (including phenoxy) is 2. The number of nitrogens with zero attached hydrogens (tertiary/aromatic N) is 1. The normalized spacial score (nSPS) is 10.3. The molecule has 7 nitrogen and oxygen atoms in total. The zero-order valence-corrected chi connectivity index (χ0v) is 19.5. The highest BCUT2D eigenvalue weighted by atomic mass is 35.5. The fourth-order valence-corrected chi connectivity index (χ4v) is 3.28. The third kappa shape index (κ3) is 7.64. The van der Waals surface area contributed by atoms with Crippen LogP contribution in [0.1, 0.15) is 11.1 Å². The summed E-state index contributed by atoms with van der Waals surface area (Å²) in [5.41, 5.74) is 2.50. The van der Waals surface area contributed by atoms with Crippen LogP contribution in [0.4, 0.5) is 5.69 Å². The summed E-state index contributed by atoms with van der Waals surface area (Å²) in [6, 6.07) is 24.1. The predicted octanol–water partition coefficient (Wildman–Crippen LogP) is 3.95. The highest BCUT2D eigenvalue weighted by Gasteiger charge is 2.16. The van der Waals surface area contributed by atoms with E-state index in [4.69, 9.17) is 21.1 Å². The molecule has 0 saturated heterocycles. The number of esters is 1. The first-order valence-electron chi connectivity index (χ1n) is 10.6. The molecule has 0 radical (unpaired) electrons. The summed E-state index contributed by atoms with van der Waals surface area (Å²) in [6.07, 6.45) is 0.658. The van der Waals surface area contributed by atoms with Crippen LogP contribution in [0.2, 0.25) is 5.02 Å². The molecule has 1 N–H and O–H groups in total. The molecule has 3 aromatic carbocycles. The van der Waals surface area contributed by atoms with Crippen molar-refractivity contribution in [1.82, 2.24) is 4.90 Å². The lowest BCUT2D eigenvalue weighted by molar-refractivity contribution is -0.153. The highest BCUT2D eigenvalue weighted by molar-refractivity contribution is 6.33. The Bertz CT molecular complexity index is 1140. The van der Waals surface area contributed by atoms with Gasteiger partial charge in [-0.3, -0.25) is 9.59 Å². The van der Waals surface area contributed by atoms with E-state index in [2.05, 4.69) is 5.32 Å². The molecular weight excluding hydrogens is 456 g/mol. The van der Waals surface area contributed by atoms with Crippen LogP contribution in [-0.4, -0.2) is 49.5 Å². The zero-order chi connectivity index (χ0) is 24.3. The van der Waals surface area contributed by atoms with Gasteiger partial charge in [0.05, 0.1) is 17.3 Å². The van der Waals surface area contributed by atoms with Gasteiger partial charge in [0, 0.05) is 13.5 Å². The van der Waals surface area contributed by atoms with E-state index < -0.39 is 24.4 Å². The van der Waals surface area contributed by atoms with Crippen molar-refractivity contribution in [2.24, 2.45) is 0 Å². The molecule has 0 heterocycles. The van der Waals surface area contributed by atoms with Crippen LogP contribution in [0.5, 0.6) is 5.75 Å². The molecule has 2 amide bonds. The van der Waals surface area contributed by atoms with Crippen molar-refractivity contribution >= 4 is 35.1 Å². The van der Waals surface area contributed by atoms with Crippen molar-refractivity contribution in [3.05, 3.63) is 95.0 Å². The van der Waals surface area contributed by atoms with E-state index in [-0.39, 0.29) is 13.2 Å². The fourth-order valence-electron chi connectivity index (χ4n) is 3.09. The average molecular weight is 481 g/mol. The van der Waals surface area contributed by atoms with Gasteiger partial charge in [0.2, 0.25) is 5.91 Å². The van der Waals surface area contributed by atoms with Gasteiger partial charge in [-0.1, -0.05) is 72.3 Å². The topological polar surface area (TPSA) is 84.9 Å². The summed E-state index contributed by atoms with van der Waals surface area (Å²) >= 11 is 6.01. The Hall–Kier alpha value is -3.84. The molecule has 0 aliphatic rings. The average Bonchev–Trinajstić information content (AvgIpc) is 2.84. The van der Waals surface area contributed by atoms with Crippen molar-refractivity contribution in [3.8, 4) is 5.75 Å². The van der Waals surface area contributed by atoms with E-state index in [0.29, 0.717) is 22.9 Å². The lowest BCUT2D eigenvalue weighted by Gasteiger charge is -2.17. The number of para-hydroxylation sites is 2. The van der Waals surface area contributed by atoms with Gasteiger partial charge in [0.15, 0.2) is 13.2 Å². The Morgan fingerprint density at radius 3 is 2.32 bits per heavy atom. The number of hydrogen-bond acceptors (Lipinski definition) is 5. The maximum absolute atomic E-state index is 12.2. The Kier molecular flexibility index (Phi) is 9.05. The van der Waals surface area contributed by atoms with Gasteiger partial charge in [-0.15, -0.1) is 0 Å². The Morgan fingerprint density at radius 2 is 1.56 bits per heavy atom. The maximum Gasteiger partial charge on any atom is 0.344 e. The minimum absolute atomic E-state index is 0.217. The molecule has 0 aromatic heterocycles. The van der Waals surface area contributed by atoms with Gasteiger partial charge in [-0.25, -0.2) is 4.79 Å². The van der Waals surface area contributed by atoms with Gasteiger partial charge < -0.3 is 19.7 Å². The van der Waals surface area contributed by atoms with Crippen LogP contribution in [0.3, 0.4) is 0 Å². The standard InChI is InChI=1S/C26H25ClN2O5/c1-29(16-24(30)28-22-13-7-6-12-21(22)27)25(31)17-34-26(32)18-33-23-14-8-5-11-20(23)15-19-9-3-2-4-10-19/h2-14H,15-18H2,1H3,(H,28,30). The first-order valence-corrected chi connectivity index (χ1v) is 11.0. The van der Waals surface area contributed by atoms with E-state index in [1.165, 1.54) is 7.05 Å². The third-order valence-electron chi connectivity index (χ3n) is 4.87. The number of rotatable bonds is 10. The molecular formula is C26H25ClN2O5. The Labute approximate surface area is 203 Å². The van der Waals surface area contributed by atoms with Crippen LogP contribution in [0.25, 0.3) is 0 Å². The molecule has 0 aliphatic carbocycles. The molecule has 0 unspecified atom stereocenters. The summed E-state index contributed by atoms with van der Waals surface area (Å²) in [6.45, 7) is -1.05. The molecule has 0 saturated carbocycles. The molecule has 0 bridgehead atoms. The number of carbonyl (C=O) groups is 3. The first-order chi connectivity index (χ1) is 16.4. The molecule has 3 aromatic rings. The largest absolute Gasteiger partial charge is 0.482 e. The summed E-state index contributed by atoms with van der Waals surface area (Å²) in [5.74, 6) is -1.06. The Morgan fingerprint density at radius 1 is 0.882 bits per heavy atom. The van der Waals surface area contributed by atoms with Gasteiger partial charge in [-0.2, -0.15) is 0 Å². The quantitative estimate of drug-likeness (QED) is 0.444. The Balaban J connectivity index is 1.43. The second-order valence-electron chi connectivity index (χ2n) is 7.50. The van der Waals surface area contributed by atoms with Crippen LogP contribution in [0.15, 0.2) is 78.9 Å². The molecule has 34 heavy (non-hydrogen) atoms. The van der Waals surface area contributed by atoms with E-state index >= 15 is 0 Å². The molecule has 0 fully saturated rings. The van der Waals surface area contributed by atoms with Crippen LogP contribution >= 0.6 is 11.6 Å². The van der Waals surface area contributed by atoms with E-state index in [0.717, 1.165) is 16.0 Å². The second-order valence-corrected chi connectivity index (χ2v) is 7.90. The monoisotopic (exact) mass is 480 g/mol. The van der Waals surface area contributed by atoms with Crippen molar-refractivity contribution in [1.29, 1.82) is 0 Å². The third-order valence-corrected chi connectivity index (χ3v) is 5.20. The van der Waals surface area contributed by atoms with Gasteiger partial charge in [-0.05, 0) is 29.3 Å². The molecule has 0 aliphatic heterocycles. The van der Waals surface area contributed by atoms with Crippen LogP contribution in [-0.2, 0) is 25.5 Å². The zero-order valence-electron chi connectivity index (χ0n) is 18.7. The van der Waals surface area contributed by atoms with Crippen molar-refractivity contribution < 1.29 is 23.9 Å². The maximum atomic E-state index is 12.2. The minimum atomic E-state index is -0.684. The van der Waals surface area contributed by atoms with Crippen LogP contribution < -0.4 is 10.1 Å². The molecule has 176 valence electrons. The lowest BCUT2D eigenvalue weighted by atomic mass is 10.0. The molecule has 0 atom stereocenters. The minimum Gasteiger partial charge on any atom is -0.482 e. The number of nitrogens with one attached hydrogen (secondary N) is 1. The molecule has 0 spiro atoms. The van der Waals surface area contributed by atoms with Crippen molar-refractivity contribution in [2.75, 3.05) is 32.1 Å². The number of halogens is 1. The smallest absolute Gasteiger partial charge is 0.344 e. The number of amides is 2. The van der Waals surface area contributed by atoms with Crippen molar-refractivity contribution in [2.45, 2.75) is 6.42 Å². The summed E-state index contributed by atoms with van der Waals surface area (Å²) in [4.78, 5) is 37.6. The van der Waals surface area contributed by atoms with Crippen molar-refractivity contribution in [3.63, 3.8) is 0 Å². The molecule has 3 rings (SSSR count). The van der Waals surface area contributed by atoms with E-state index in [9.17, 15) is 14.4 Å². The van der Waals surface area contributed by atoms with E-state index in [1.807, 2.05) is 48.5 Å². The van der Waals surface area contributed by atoms with Gasteiger partial charge in [0.25, 0.3) is 5.91 Å². The summed E-state index contributed by atoms with van der Waals surface area (Å²) in [5, 5.41) is 3.02. The van der Waals surface area contributed by atoms with E-state index in [1.54, 1.807) is 30.3 Å². The van der Waals surface area contributed by atoms with Gasteiger partial charge >= 0.3 is 5.97 Å². The first kappa shape index (κ1) is 24.8. The number of carbonyl (C=O) groups excluding carboxylic acids is 3.